The van der Waals surface area contributed by atoms with E-state index in [2.05, 4.69) is 15.9 Å². The maximum Gasteiger partial charge on any atom is 0.499 e. The molecule has 1 aliphatic rings. The topological polar surface area (TPSA) is 18.5 Å². The molecule has 0 aromatic heterocycles. The van der Waals surface area contributed by atoms with Gasteiger partial charge in [0, 0.05) is 9.94 Å². The molecule has 0 radical (unpaired) electrons. The Bertz CT molecular complexity index is 477. The van der Waals surface area contributed by atoms with Gasteiger partial charge in [-0.05, 0) is 55.8 Å². The Morgan fingerprint density at radius 3 is 2.17 bits per heavy atom. The summed E-state index contributed by atoms with van der Waals surface area (Å²) in [6.07, 6.45) is 0. The summed E-state index contributed by atoms with van der Waals surface area (Å²) in [6, 6.07) is 2.91. The molecule has 0 saturated carbocycles. The first-order valence-corrected chi connectivity index (χ1v) is 6.82. The van der Waals surface area contributed by atoms with Crippen molar-refractivity contribution in [1.82, 2.24) is 0 Å². The number of hydrogen-bond acceptors (Lipinski definition) is 2. The first kappa shape index (κ1) is 14.3. The van der Waals surface area contributed by atoms with E-state index < -0.39 is 24.1 Å². The van der Waals surface area contributed by atoms with Crippen LogP contribution in [0.1, 0.15) is 27.7 Å². The summed E-state index contributed by atoms with van der Waals surface area (Å²) in [5.41, 5.74) is -0.796. The molecule has 1 aromatic carbocycles. The van der Waals surface area contributed by atoms with Gasteiger partial charge in [-0.2, -0.15) is 0 Å². The van der Waals surface area contributed by atoms with E-state index in [9.17, 15) is 4.39 Å². The predicted octanol–water partition coefficient (Wildman–Crippen LogP) is 3.54. The number of benzene rings is 1. The van der Waals surface area contributed by atoms with Crippen LogP contribution < -0.4 is 5.46 Å². The molecule has 98 valence electrons. The Kier molecular flexibility index (Phi) is 3.56. The van der Waals surface area contributed by atoms with Gasteiger partial charge in [0.05, 0.1) is 16.2 Å². The van der Waals surface area contributed by atoms with Gasteiger partial charge < -0.3 is 9.31 Å². The summed E-state index contributed by atoms with van der Waals surface area (Å²) >= 11 is 9.39. The van der Waals surface area contributed by atoms with Gasteiger partial charge in [-0.1, -0.05) is 11.6 Å². The van der Waals surface area contributed by atoms with Crippen LogP contribution in [0, 0.1) is 5.82 Å². The van der Waals surface area contributed by atoms with Crippen molar-refractivity contribution in [3.8, 4) is 0 Å². The molecule has 0 aliphatic carbocycles. The highest BCUT2D eigenvalue weighted by Gasteiger charge is 2.53. The normalized spacial score (nSPS) is 21.4. The van der Waals surface area contributed by atoms with Crippen molar-refractivity contribution in [3.63, 3.8) is 0 Å². The molecule has 1 aromatic rings. The lowest BCUT2D eigenvalue weighted by Gasteiger charge is -2.32. The average Bonchev–Trinajstić information content (AvgIpc) is 2.43. The van der Waals surface area contributed by atoms with Gasteiger partial charge in [0.1, 0.15) is 5.82 Å². The molecule has 0 N–H and O–H groups in total. The molecule has 0 unspecified atom stereocenters. The van der Waals surface area contributed by atoms with Crippen LogP contribution in [-0.2, 0) is 9.31 Å². The van der Waals surface area contributed by atoms with Crippen LogP contribution in [0.15, 0.2) is 16.6 Å². The second-order valence-corrected chi connectivity index (χ2v) is 6.58. The fraction of sp³-hybridized carbons (Fsp3) is 0.500. The highest BCUT2D eigenvalue weighted by atomic mass is 79.9. The zero-order valence-electron chi connectivity index (χ0n) is 10.7. The van der Waals surface area contributed by atoms with Gasteiger partial charge in [0.25, 0.3) is 0 Å². The maximum atomic E-state index is 13.9. The van der Waals surface area contributed by atoms with Crippen molar-refractivity contribution >= 4 is 40.1 Å². The monoisotopic (exact) mass is 334 g/mol. The van der Waals surface area contributed by atoms with Gasteiger partial charge in [-0.3, -0.25) is 0 Å². The molecule has 1 aliphatic heterocycles. The molecule has 1 heterocycles. The summed E-state index contributed by atoms with van der Waals surface area (Å²) in [4.78, 5) is 0. The number of hydrogen-bond donors (Lipinski definition) is 0. The van der Waals surface area contributed by atoms with Crippen LogP contribution in [0.3, 0.4) is 0 Å². The van der Waals surface area contributed by atoms with Crippen LogP contribution >= 0.6 is 27.5 Å². The fourth-order valence-corrected chi connectivity index (χ4v) is 2.31. The molecule has 0 spiro atoms. The summed E-state index contributed by atoms with van der Waals surface area (Å²) in [7, 11) is -0.792. The molecule has 0 amide bonds. The third-order valence-corrected chi connectivity index (χ3v) is 4.86. The van der Waals surface area contributed by atoms with Crippen LogP contribution in [0.2, 0.25) is 5.02 Å². The molecule has 1 saturated heterocycles. The van der Waals surface area contributed by atoms with Crippen molar-refractivity contribution in [2.75, 3.05) is 0 Å². The third-order valence-electron chi connectivity index (χ3n) is 3.57. The van der Waals surface area contributed by atoms with E-state index in [0.29, 0.717) is 4.47 Å². The van der Waals surface area contributed by atoms with Crippen LogP contribution in [0.25, 0.3) is 0 Å². The lowest BCUT2D eigenvalue weighted by atomic mass is 9.78. The van der Waals surface area contributed by atoms with Gasteiger partial charge in [0.15, 0.2) is 0 Å². The molecule has 0 atom stereocenters. The minimum Gasteiger partial charge on any atom is -0.399 e. The van der Waals surface area contributed by atoms with Crippen LogP contribution in [0.5, 0.6) is 0 Å². The Balaban J connectivity index is 2.44. The smallest absolute Gasteiger partial charge is 0.399 e. The van der Waals surface area contributed by atoms with Gasteiger partial charge >= 0.3 is 7.12 Å². The predicted molar refractivity (Wildman–Crippen MR) is 74.8 cm³/mol. The standard InChI is InChI=1S/C12H14BBrClFO2/c1-11(2)12(3,4)18-13(17-11)9-8(16)6-5-7(14)10(9)15/h5-6H,1-4H3. The molecular formula is C12H14BBrClFO2. The van der Waals surface area contributed by atoms with Crippen molar-refractivity contribution in [1.29, 1.82) is 0 Å². The second-order valence-electron chi connectivity index (χ2n) is 5.35. The Hall–Kier alpha value is -0.0951. The van der Waals surface area contributed by atoms with E-state index in [-0.39, 0.29) is 10.5 Å². The molecule has 2 rings (SSSR count). The third kappa shape index (κ3) is 2.22. The zero-order valence-corrected chi connectivity index (χ0v) is 13.0. The highest BCUT2D eigenvalue weighted by Crippen LogP contribution is 2.37. The van der Waals surface area contributed by atoms with Crippen LogP contribution in [0.4, 0.5) is 4.39 Å². The van der Waals surface area contributed by atoms with Crippen molar-refractivity contribution in [2.24, 2.45) is 0 Å². The number of halogens is 3. The maximum absolute atomic E-state index is 13.9. The average molecular weight is 335 g/mol. The Morgan fingerprint density at radius 2 is 1.67 bits per heavy atom. The molecule has 0 bridgehead atoms. The largest absolute Gasteiger partial charge is 0.499 e. The molecule has 18 heavy (non-hydrogen) atoms. The fourth-order valence-electron chi connectivity index (χ4n) is 1.72. The lowest BCUT2D eigenvalue weighted by Crippen LogP contribution is -2.41. The quantitative estimate of drug-likeness (QED) is 0.577. The van der Waals surface area contributed by atoms with Gasteiger partial charge in [-0.15, -0.1) is 0 Å². The van der Waals surface area contributed by atoms with Crippen molar-refractivity contribution in [3.05, 3.63) is 27.4 Å². The first-order valence-electron chi connectivity index (χ1n) is 5.65. The van der Waals surface area contributed by atoms with E-state index in [0.717, 1.165) is 0 Å². The Morgan fingerprint density at radius 1 is 1.17 bits per heavy atom. The van der Waals surface area contributed by atoms with Crippen molar-refractivity contribution in [2.45, 2.75) is 38.9 Å². The summed E-state index contributed by atoms with van der Waals surface area (Å²) in [5.74, 6) is -0.429. The minimum absolute atomic E-state index is 0.240. The van der Waals surface area contributed by atoms with E-state index >= 15 is 0 Å². The molecule has 6 heteroatoms. The second kappa shape index (κ2) is 4.48. The van der Waals surface area contributed by atoms with E-state index in [1.807, 2.05) is 27.7 Å². The summed E-state index contributed by atoms with van der Waals surface area (Å²) in [5, 5.41) is 0.286. The summed E-state index contributed by atoms with van der Waals surface area (Å²) < 4.78 is 26.1. The lowest BCUT2D eigenvalue weighted by molar-refractivity contribution is 0.00578. The molecular weight excluding hydrogens is 321 g/mol. The number of rotatable bonds is 1. The van der Waals surface area contributed by atoms with Crippen LogP contribution in [-0.4, -0.2) is 18.3 Å². The minimum atomic E-state index is -0.792. The summed E-state index contributed by atoms with van der Waals surface area (Å²) in [6.45, 7) is 7.65. The zero-order chi connectivity index (χ0) is 13.7. The van der Waals surface area contributed by atoms with E-state index in [4.69, 9.17) is 20.9 Å². The molecule has 1 fully saturated rings. The van der Waals surface area contributed by atoms with Gasteiger partial charge in [0.2, 0.25) is 0 Å². The highest BCUT2D eigenvalue weighted by molar-refractivity contribution is 9.10. The Labute approximate surface area is 120 Å². The van der Waals surface area contributed by atoms with E-state index in [1.54, 1.807) is 6.07 Å². The first-order chi connectivity index (χ1) is 8.16. The SMILES string of the molecule is CC1(C)OB(c2c(F)ccc(Br)c2Cl)OC1(C)C. The molecule has 2 nitrogen and oxygen atoms in total. The van der Waals surface area contributed by atoms with Crippen molar-refractivity contribution < 1.29 is 13.7 Å². The van der Waals surface area contributed by atoms with E-state index in [1.165, 1.54) is 6.07 Å². The van der Waals surface area contributed by atoms with Gasteiger partial charge in [-0.25, -0.2) is 4.39 Å².